The fourth-order valence-electron chi connectivity index (χ4n) is 3.21. The molecule has 0 bridgehead atoms. The van der Waals surface area contributed by atoms with Crippen molar-refractivity contribution in [2.24, 2.45) is 0 Å². The van der Waals surface area contributed by atoms with E-state index in [2.05, 4.69) is 10.4 Å². The molecule has 0 aliphatic carbocycles. The van der Waals surface area contributed by atoms with Crippen LogP contribution in [0.25, 0.3) is 16.5 Å². The van der Waals surface area contributed by atoms with E-state index < -0.39 is 23.5 Å². The van der Waals surface area contributed by atoms with Crippen molar-refractivity contribution in [3.05, 3.63) is 82.1 Å². The number of benzene rings is 2. The quantitative estimate of drug-likeness (QED) is 0.416. The predicted molar refractivity (Wildman–Crippen MR) is 126 cm³/mol. The van der Waals surface area contributed by atoms with Crippen LogP contribution in [0.3, 0.4) is 0 Å². The van der Waals surface area contributed by atoms with E-state index in [1.807, 2.05) is 24.3 Å². The SMILES string of the molecule is CCOC(=O)c1nn(-c2ccccc2)c(=O)c2c(NC(=O)[C@H](C)Oc3ccccc3)scc12. The monoisotopic (exact) mass is 463 g/mol. The largest absolute Gasteiger partial charge is 0.481 e. The third-order valence-corrected chi connectivity index (χ3v) is 5.68. The first-order chi connectivity index (χ1) is 16.0. The van der Waals surface area contributed by atoms with Crippen molar-refractivity contribution in [2.45, 2.75) is 20.0 Å². The molecule has 168 valence electrons. The molecule has 4 aromatic rings. The molecule has 4 rings (SSSR count). The number of aromatic nitrogens is 2. The van der Waals surface area contributed by atoms with Gasteiger partial charge in [-0.3, -0.25) is 9.59 Å². The smallest absolute Gasteiger partial charge is 0.359 e. The van der Waals surface area contributed by atoms with Gasteiger partial charge >= 0.3 is 5.97 Å². The fourth-order valence-corrected chi connectivity index (χ4v) is 4.15. The van der Waals surface area contributed by atoms with E-state index in [1.165, 1.54) is 0 Å². The molecule has 9 heteroatoms. The summed E-state index contributed by atoms with van der Waals surface area (Å²) in [6.45, 7) is 3.47. The van der Waals surface area contributed by atoms with Crippen molar-refractivity contribution in [3.63, 3.8) is 0 Å². The van der Waals surface area contributed by atoms with E-state index >= 15 is 0 Å². The first-order valence-corrected chi connectivity index (χ1v) is 11.2. The van der Waals surface area contributed by atoms with Crippen LogP contribution in [-0.4, -0.2) is 34.4 Å². The number of ether oxygens (including phenoxy) is 2. The summed E-state index contributed by atoms with van der Waals surface area (Å²) < 4.78 is 12.0. The number of thiophene rings is 1. The minimum absolute atomic E-state index is 0.000589. The highest BCUT2D eigenvalue weighted by Crippen LogP contribution is 2.31. The number of amides is 1. The zero-order valence-electron chi connectivity index (χ0n) is 18.0. The molecule has 2 aromatic carbocycles. The number of nitrogens with zero attached hydrogens (tertiary/aromatic N) is 2. The number of hydrogen-bond acceptors (Lipinski definition) is 7. The molecule has 1 N–H and O–H groups in total. The molecule has 0 aliphatic rings. The predicted octanol–water partition coefficient (Wildman–Crippen LogP) is 4.03. The lowest BCUT2D eigenvalue weighted by molar-refractivity contribution is -0.122. The third kappa shape index (κ3) is 4.63. The second-order valence-corrected chi connectivity index (χ2v) is 7.92. The Hall–Kier alpha value is -3.98. The van der Waals surface area contributed by atoms with E-state index in [4.69, 9.17) is 9.47 Å². The Bertz CT molecular complexity index is 1350. The van der Waals surface area contributed by atoms with Crippen LogP contribution in [0.2, 0.25) is 0 Å². The summed E-state index contributed by atoms with van der Waals surface area (Å²) >= 11 is 1.13. The van der Waals surface area contributed by atoms with Crippen molar-refractivity contribution >= 4 is 39.0 Å². The molecule has 0 unspecified atom stereocenters. The van der Waals surface area contributed by atoms with Crippen molar-refractivity contribution in [1.82, 2.24) is 9.78 Å². The van der Waals surface area contributed by atoms with Gasteiger partial charge in [0.2, 0.25) is 0 Å². The first kappa shape index (κ1) is 22.2. The maximum Gasteiger partial charge on any atom is 0.359 e. The van der Waals surface area contributed by atoms with Crippen molar-refractivity contribution in [2.75, 3.05) is 11.9 Å². The molecule has 0 saturated carbocycles. The van der Waals surface area contributed by atoms with Gasteiger partial charge in [0.25, 0.3) is 11.5 Å². The maximum atomic E-state index is 13.4. The molecule has 1 amide bonds. The van der Waals surface area contributed by atoms with Gasteiger partial charge in [-0.2, -0.15) is 9.78 Å². The highest BCUT2D eigenvalue weighted by molar-refractivity contribution is 7.16. The number of hydrogen-bond donors (Lipinski definition) is 1. The van der Waals surface area contributed by atoms with Gasteiger partial charge in [-0.05, 0) is 38.1 Å². The number of fused-ring (bicyclic) bond motifs is 1. The lowest BCUT2D eigenvalue weighted by atomic mass is 10.2. The lowest BCUT2D eigenvalue weighted by Crippen LogP contribution is -2.31. The summed E-state index contributed by atoms with van der Waals surface area (Å²) in [7, 11) is 0. The van der Waals surface area contributed by atoms with Gasteiger partial charge in [-0.15, -0.1) is 11.3 Å². The molecule has 1 atom stereocenters. The lowest BCUT2D eigenvalue weighted by Gasteiger charge is -2.14. The highest BCUT2D eigenvalue weighted by atomic mass is 32.1. The van der Waals surface area contributed by atoms with Crippen molar-refractivity contribution < 1.29 is 19.1 Å². The Morgan fingerprint density at radius 3 is 2.42 bits per heavy atom. The molecule has 8 nitrogen and oxygen atoms in total. The van der Waals surface area contributed by atoms with Gasteiger partial charge in [0, 0.05) is 10.8 Å². The Labute approximate surface area is 193 Å². The number of nitrogens with one attached hydrogen (secondary N) is 1. The number of para-hydroxylation sites is 2. The highest BCUT2D eigenvalue weighted by Gasteiger charge is 2.24. The van der Waals surface area contributed by atoms with Crippen LogP contribution in [0.4, 0.5) is 5.00 Å². The van der Waals surface area contributed by atoms with Crippen LogP contribution >= 0.6 is 11.3 Å². The molecule has 0 fully saturated rings. The van der Waals surface area contributed by atoms with E-state index in [-0.39, 0.29) is 17.7 Å². The summed E-state index contributed by atoms with van der Waals surface area (Å²) in [5.41, 5.74) is 0.0252. The normalized spacial score (nSPS) is 11.7. The average molecular weight is 464 g/mol. The molecule has 2 aromatic heterocycles. The fraction of sp³-hybridized carbons (Fsp3) is 0.167. The molecule has 0 spiro atoms. The van der Waals surface area contributed by atoms with Gasteiger partial charge in [0.05, 0.1) is 17.7 Å². The Kier molecular flexibility index (Phi) is 6.50. The van der Waals surface area contributed by atoms with Crippen LogP contribution < -0.4 is 15.6 Å². The van der Waals surface area contributed by atoms with Gasteiger partial charge < -0.3 is 14.8 Å². The second kappa shape index (κ2) is 9.66. The van der Waals surface area contributed by atoms with E-state index in [1.54, 1.807) is 55.6 Å². The summed E-state index contributed by atoms with van der Waals surface area (Å²) in [4.78, 5) is 38.8. The molecule has 0 aliphatic heterocycles. The Balaban J connectivity index is 1.75. The van der Waals surface area contributed by atoms with Crippen LogP contribution in [0.5, 0.6) is 5.75 Å². The molecule has 33 heavy (non-hydrogen) atoms. The van der Waals surface area contributed by atoms with Crippen LogP contribution in [0.15, 0.2) is 70.8 Å². The van der Waals surface area contributed by atoms with Crippen LogP contribution in [0.1, 0.15) is 24.3 Å². The molecule has 2 heterocycles. The zero-order valence-corrected chi connectivity index (χ0v) is 18.8. The minimum Gasteiger partial charge on any atom is -0.481 e. The number of carbonyl (C=O) groups is 2. The second-order valence-electron chi connectivity index (χ2n) is 7.04. The van der Waals surface area contributed by atoms with Gasteiger partial charge in [-0.25, -0.2) is 4.79 Å². The molecule has 0 radical (unpaired) electrons. The molecular formula is C24H21N3O5S. The minimum atomic E-state index is -0.813. The average Bonchev–Trinajstić information content (AvgIpc) is 3.24. The topological polar surface area (TPSA) is 99.5 Å². The van der Waals surface area contributed by atoms with Gasteiger partial charge in [0.15, 0.2) is 11.8 Å². The number of rotatable bonds is 7. The first-order valence-electron chi connectivity index (χ1n) is 10.3. The summed E-state index contributed by atoms with van der Waals surface area (Å²) in [5.74, 6) is -0.525. The molecular weight excluding hydrogens is 442 g/mol. The van der Waals surface area contributed by atoms with Crippen molar-refractivity contribution in [1.29, 1.82) is 0 Å². The van der Waals surface area contributed by atoms with Crippen LogP contribution in [0, 0.1) is 0 Å². The van der Waals surface area contributed by atoms with Gasteiger partial charge in [0.1, 0.15) is 10.8 Å². The summed E-state index contributed by atoms with van der Waals surface area (Å²) in [6, 6.07) is 17.7. The maximum absolute atomic E-state index is 13.4. The Morgan fingerprint density at radius 2 is 1.76 bits per heavy atom. The van der Waals surface area contributed by atoms with E-state index in [0.29, 0.717) is 21.8 Å². The van der Waals surface area contributed by atoms with Crippen LogP contribution in [-0.2, 0) is 9.53 Å². The standard InChI is InChI=1S/C24H21N3O5S/c1-3-31-24(30)20-18-14-33-22(25-21(28)15(2)32-17-12-8-5-9-13-17)19(18)23(29)27(26-20)16-10-6-4-7-11-16/h4-15H,3H2,1-2H3,(H,25,28)/t15-/m0/s1. The number of esters is 1. The number of anilines is 1. The van der Waals surface area contributed by atoms with E-state index in [0.717, 1.165) is 16.0 Å². The van der Waals surface area contributed by atoms with Crippen molar-refractivity contribution in [3.8, 4) is 11.4 Å². The van der Waals surface area contributed by atoms with Gasteiger partial charge in [-0.1, -0.05) is 36.4 Å². The number of carbonyl (C=O) groups excluding carboxylic acids is 2. The third-order valence-electron chi connectivity index (χ3n) is 4.78. The Morgan fingerprint density at radius 1 is 1.09 bits per heavy atom. The summed E-state index contributed by atoms with van der Waals surface area (Å²) in [5, 5.41) is 9.46. The van der Waals surface area contributed by atoms with E-state index in [9.17, 15) is 14.4 Å². The zero-order chi connectivity index (χ0) is 23.4. The summed E-state index contributed by atoms with van der Waals surface area (Å²) in [6.07, 6.45) is -0.813. The molecule has 0 saturated heterocycles.